The molecule has 4 nitrogen and oxygen atoms in total. The number of aryl methyl sites for hydroxylation is 2. The maximum absolute atomic E-state index is 12.2. The van der Waals surface area contributed by atoms with E-state index in [0.29, 0.717) is 12.1 Å². The molecule has 0 aliphatic heterocycles. The fourth-order valence-corrected chi connectivity index (χ4v) is 2.14. The number of hydrogen-bond donors (Lipinski definition) is 2. The summed E-state index contributed by atoms with van der Waals surface area (Å²) < 4.78 is 5.44. The Labute approximate surface area is 125 Å². The Morgan fingerprint density at radius 2 is 2.00 bits per heavy atom. The molecule has 0 spiro atoms. The molecule has 0 fully saturated rings. The Hall–Kier alpha value is -2.23. The average Bonchev–Trinajstić information content (AvgIpc) is 2.88. The zero-order chi connectivity index (χ0) is 15.2. The van der Waals surface area contributed by atoms with Gasteiger partial charge < -0.3 is 15.1 Å². The Morgan fingerprint density at radius 1 is 1.19 bits per heavy atom. The summed E-state index contributed by atoms with van der Waals surface area (Å²) >= 11 is 0. The van der Waals surface area contributed by atoms with Gasteiger partial charge in [-0.2, -0.15) is 0 Å². The maximum Gasteiger partial charge on any atom is 0.251 e. The zero-order valence-corrected chi connectivity index (χ0v) is 12.8. The van der Waals surface area contributed by atoms with Gasteiger partial charge in [0.25, 0.3) is 5.91 Å². The molecular formula is C17H22N2O2. The Balaban J connectivity index is 1.98. The van der Waals surface area contributed by atoms with Crippen molar-refractivity contribution in [1.82, 2.24) is 5.32 Å². The van der Waals surface area contributed by atoms with Gasteiger partial charge in [-0.05, 0) is 56.2 Å². The number of anilines is 1. The summed E-state index contributed by atoms with van der Waals surface area (Å²) in [6.45, 7) is 7.30. The summed E-state index contributed by atoms with van der Waals surface area (Å²) in [6.07, 6.45) is 1.07. The molecule has 0 radical (unpaired) electrons. The van der Waals surface area contributed by atoms with Crippen molar-refractivity contribution in [2.45, 2.75) is 33.7 Å². The lowest BCUT2D eigenvalue weighted by Crippen LogP contribution is -2.23. The van der Waals surface area contributed by atoms with Crippen molar-refractivity contribution in [1.29, 1.82) is 0 Å². The lowest BCUT2D eigenvalue weighted by Gasteiger charge is -2.10. The van der Waals surface area contributed by atoms with Crippen molar-refractivity contribution < 1.29 is 9.21 Å². The molecule has 2 rings (SSSR count). The largest absolute Gasteiger partial charge is 0.465 e. The summed E-state index contributed by atoms with van der Waals surface area (Å²) in [5, 5.41) is 6.19. The van der Waals surface area contributed by atoms with E-state index >= 15 is 0 Å². The van der Waals surface area contributed by atoms with Gasteiger partial charge in [0.1, 0.15) is 11.5 Å². The first-order chi connectivity index (χ1) is 10.1. The quantitative estimate of drug-likeness (QED) is 0.852. The molecule has 0 saturated heterocycles. The van der Waals surface area contributed by atoms with E-state index in [1.807, 2.05) is 44.2 Å². The average molecular weight is 286 g/mol. The number of benzene rings is 1. The van der Waals surface area contributed by atoms with Crippen molar-refractivity contribution in [3.63, 3.8) is 0 Å². The van der Waals surface area contributed by atoms with Crippen LogP contribution in [-0.4, -0.2) is 12.5 Å². The molecule has 1 heterocycles. The first-order valence-electron chi connectivity index (χ1n) is 7.28. The SMILES string of the molecule is CCCNc1ccc(C(=O)NCc2ccc(C)o2)c(C)c1. The minimum atomic E-state index is -0.0800. The highest BCUT2D eigenvalue weighted by Crippen LogP contribution is 2.15. The van der Waals surface area contributed by atoms with Gasteiger partial charge in [0, 0.05) is 17.8 Å². The Kier molecular flexibility index (Phi) is 5.04. The molecule has 4 heteroatoms. The summed E-state index contributed by atoms with van der Waals surface area (Å²) in [4.78, 5) is 12.2. The number of carbonyl (C=O) groups excluding carboxylic acids is 1. The third-order valence-electron chi connectivity index (χ3n) is 3.27. The number of carbonyl (C=O) groups is 1. The minimum Gasteiger partial charge on any atom is -0.465 e. The Morgan fingerprint density at radius 3 is 2.62 bits per heavy atom. The van der Waals surface area contributed by atoms with Crippen LogP contribution in [0.25, 0.3) is 0 Å². The molecule has 2 aromatic rings. The van der Waals surface area contributed by atoms with Crippen molar-refractivity contribution in [3.8, 4) is 0 Å². The van der Waals surface area contributed by atoms with Crippen LogP contribution in [0.3, 0.4) is 0 Å². The fourth-order valence-electron chi connectivity index (χ4n) is 2.14. The third kappa shape index (κ3) is 4.12. The molecule has 112 valence electrons. The molecule has 0 saturated carbocycles. The van der Waals surface area contributed by atoms with Gasteiger partial charge in [0.2, 0.25) is 0 Å². The van der Waals surface area contributed by atoms with Crippen molar-refractivity contribution in [2.24, 2.45) is 0 Å². The molecule has 1 amide bonds. The Bertz CT molecular complexity index is 617. The third-order valence-corrected chi connectivity index (χ3v) is 3.27. The van der Waals surface area contributed by atoms with Gasteiger partial charge in [0.15, 0.2) is 0 Å². The van der Waals surface area contributed by atoms with E-state index in [9.17, 15) is 4.79 Å². The summed E-state index contributed by atoms with van der Waals surface area (Å²) in [5.74, 6) is 1.53. The molecule has 2 N–H and O–H groups in total. The number of nitrogens with one attached hydrogen (secondary N) is 2. The second-order valence-electron chi connectivity index (χ2n) is 5.15. The number of rotatable bonds is 6. The minimum absolute atomic E-state index is 0.0800. The van der Waals surface area contributed by atoms with Gasteiger partial charge >= 0.3 is 0 Å². The van der Waals surface area contributed by atoms with E-state index in [4.69, 9.17) is 4.42 Å². The molecule has 1 aromatic carbocycles. The highest BCUT2D eigenvalue weighted by atomic mass is 16.3. The molecule has 0 bridgehead atoms. The van der Waals surface area contributed by atoms with E-state index in [0.717, 1.165) is 35.7 Å². The molecule has 0 aliphatic rings. The van der Waals surface area contributed by atoms with Crippen molar-refractivity contribution in [3.05, 3.63) is 53.0 Å². The predicted octanol–water partition coefficient (Wildman–Crippen LogP) is 3.65. The van der Waals surface area contributed by atoms with E-state index in [1.54, 1.807) is 0 Å². The maximum atomic E-state index is 12.2. The smallest absolute Gasteiger partial charge is 0.251 e. The van der Waals surface area contributed by atoms with Gasteiger partial charge in [-0.25, -0.2) is 0 Å². The van der Waals surface area contributed by atoms with E-state index < -0.39 is 0 Å². The lowest BCUT2D eigenvalue weighted by atomic mass is 10.1. The summed E-state index contributed by atoms with van der Waals surface area (Å²) in [5.41, 5.74) is 2.71. The summed E-state index contributed by atoms with van der Waals surface area (Å²) in [6, 6.07) is 9.56. The van der Waals surface area contributed by atoms with Crippen LogP contribution in [0, 0.1) is 13.8 Å². The van der Waals surface area contributed by atoms with Crippen LogP contribution >= 0.6 is 0 Å². The second-order valence-corrected chi connectivity index (χ2v) is 5.15. The zero-order valence-electron chi connectivity index (χ0n) is 12.8. The molecule has 0 aliphatic carbocycles. The van der Waals surface area contributed by atoms with Crippen molar-refractivity contribution in [2.75, 3.05) is 11.9 Å². The molecule has 0 unspecified atom stereocenters. The first-order valence-corrected chi connectivity index (χ1v) is 7.28. The van der Waals surface area contributed by atoms with E-state index in [1.165, 1.54) is 0 Å². The van der Waals surface area contributed by atoms with Gasteiger partial charge in [-0.1, -0.05) is 6.92 Å². The normalized spacial score (nSPS) is 10.4. The number of furan rings is 1. The monoisotopic (exact) mass is 286 g/mol. The topological polar surface area (TPSA) is 54.3 Å². The number of hydrogen-bond acceptors (Lipinski definition) is 3. The van der Waals surface area contributed by atoms with Crippen LogP contribution in [0.15, 0.2) is 34.7 Å². The highest BCUT2D eigenvalue weighted by Gasteiger charge is 2.10. The molecular weight excluding hydrogens is 264 g/mol. The summed E-state index contributed by atoms with van der Waals surface area (Å²) in [7, 11) is 0. The molecule has 21 heavy (non-hydrogen) atoms. The van der Waals surface area contributed by atoms with Crippen molar-refractivity contribution >= 4 is 11.6 Å². The van der Waals surface area contributed by atoms with Gasteiger partial charge in [-0.15, -0.1) is 0 Å². The molecule has 1 aromatic heterocycles. The molecule has 0 atom stereocenters. The second kappa shape index (κ2) is 6.97. The first kappa shape index (κ1) is 15.2. The standard InChI is InChI=1S/C17H22N2O2/c1-4-9-18-14-6-8-16(12(2)10-14)17(20)19-11-15-7-5-13(3)21-15/h5-8,10,18H,4,9,11H2,1-3H3,(H,19,20). The highest BCUT2D eigenvalue weighted by molar-refractivity contribution is 5.96. The van der Waals surface area contributed by atoms with Crippen LogP contribution in [0.5, 0.6) is 0 Å². The lowest BCUT2D eigenvalue weighted by molar-refractivity contribution is 0.0947. The van der Waals surface area contributed by atoms with Crippen LogP contribution in [0.2, 0.25) is 0 Å². The number of amides is 1. The van der Waals surface area contributed by atoms with Crippen LogP contribution in [-0.2, 0) is 6.54 Å². The van der Waals surface area contributed by atoms with Gasteiger partial charge in [-0.3, -0.25) is 4.79 Å². The van der Waals surface area contributed by atoms with E-state index in [-0.39, 0.29) is 5.91 Å². The van der Waals surface area contributed by atoms with Crippen LogP contribution in [0.1, 0.15) is 40.8 Å². The fraction of sp³-hybridized carbons (Fsp3) is 0.353. The van der Waals surface area contributed by atoms with E-state index in [2.05, 4.69) is 17.6 Å². The van der Waals surface area contributed by atoms with Crippen LogP contribution in [0.4, 0.5) is 5.69 Å². The van der Waals surface area contributed by atoms with Crippen LogP contribution < -0.4 is 10.6 Å². The predicted molar refractivity (Wildman–Crippen MR) is 84.6 cm³/mol. The van der Waals surface area contributed by atoms with Gasteiger partial charge in [0.05, 0.1) is 6.54 Å².